The van der Waals surface area contributed by atoms with Gasteiger partial charge in [-0.25, -0.2) is 0 Å². The smallest absolute Gasteiger partial charge is 0.216 e. The molecule has 1 atom stereocenters. The molecule has 4 heteroatoms. The van der Waals surface area contributed by atoms with Crippen LogP contribution in [0, 0.1) is 0 Å². The van der Waals surface area contributed by atoms with Gasteiger partial charge in [0.2, 0.25) is 5.91 Å². The predicted molar refractivity (Wildman–Crippen MR) is 57.0 cm³/mol. The molecule has 1 saturated heterocycles. The normalized spacial score (nSPS) is 23.4. The summed E-state index contributed by atoms with van der Waals surface area (Å²) in [6.07, 6.45) is 3.76. The van der Waals surface area contributed by atoms with E-state index in [9.17, 15) is 4.79 Å². The third kappa shape index (κ3) is 3.64. The zero-order valence-electron chi connectivity index (χ0n) is 8.96. The molecule has 0 spiro atoms. The van der Waals surface area contributed by atoms with Crippen LogP contribution in [-0.4, -0.2) is 43.0 Å². The maximum Gasteiger partial charge on any atom is 0.216 e. The van der Waals surface area contributed by atoms with Crippen LogP contribution >= 0.6 is 0 Å². The molecule has 1 unspecified atom stereocenters. The predicted octanol–water partition coefficient (Wildman–Crippen LogP) is -0.0643. The summed E-state index contributed by atoms with van der Waals surface area (Å²) >= 11 is 0. The number of hydrogen-bond donors (Lipinski definition) is 2. The molecule has 3 N–H and O–H groups in total. The first kappa shape index (κ1) is 11.5. The van der Waals surface area contributed by atoms with E-state index in [1.54, 1.807) is 6.92 Å². The lowest BCUT2D eigenvalue weighted by molar-refractivity contribution is -0.119. The van der Waals surface area contributed by atoms with Gasteiger partial charge in [0.15, 0.2) is 0 Å². The molecular weight excluding hydrogens is 178 g/mol. The van der Waals surface area contributed by atoms with Gasteiger partial charge in [-0.15, -0.1) is 0 Å². The maximum absolute atomic E-state index is 10.7. The van der Waals surface area contributed by atoms with Crippen LogP contribution in [0.2, 0.25) is 0 Å². The lowest BCUT2D eigenvalue weighted by atomic mass is 10.0. The highest BCUT2D eigenvalue weighted by atomic mass is 16.1. The topological polar surface area (TPSA) is 58.4 Å². The Balaban J connectivity index is 2.22. The van der Waals surface area contributed by atoms with Gasteiger partial charge >= 0.3 is 0 Å². The minimum Gasteiger partial charge on any atom is -0.355 e. The van der Waals surface area contributed by atoms with Gasteiger partial charge in [0.25, 0.3) is 0 Å². The van der Waals surface area contributed by atoms with Gasteiger partial charge in [0.05, 0.1) is 0 Å². The summed E-state index contributed by atoms with van der Waals surface area (Å²) in [5, 5.41) is 2.82. The van der Waals surface area contributed by atoms with Gasteiger partial charge in [-0.1, -0.05) is 6.42 Å². The van der Waals surface area contributed by atoms with Gasteiger partial charge < -0.3 is 11.1 Å². The van der Waals surface area contributed by atoms with Crippen molar-refractivity contribution in [2.24, 2.45) is 5.73 Å². The number of carbonyl (C=O) groups is 1. The Bertz CT molecular complexity index is 184. The fourth-order valence-electron chi connectivity index (χ4n) is 2.00. The number of nitrogens with one attached hydrogen (secondary N) is 1. The Kier molecular flexibility index (Phi) is 4.90. The Morgan fingerprint density at radius 2 is 2.36 bits per heavy atom. The van der Waals surface area contributed by atoms with E-state index >= 15 is 0 Å². The fraction of sp³-hybridized carbons (Fsp3) is 0.900. The lowest BCUT2D eigenvalue weighted by Crippen LogP contribution is -2.47. The highest BCUT2D eigenvalue weighted by molar-refractivity contribution is 5.72. The Labute approximate surface area is 85.8 Å². The van der Waals surface area contributed by atoms with Crippen molar-refractivity contribution in [3.05, 3.63) is 0 Å². The van der Waals surface area contributed by atoms with Crippen LogP contribution in [0.3, 0.4) is 0 Å². The third-order valence-electron chi connectivity index (χ3n) is 2.79. The van der Waals surface area contributed by atoms with E-state index in [0.29, 0.717) is 6.04 Å². The standard InChI is InChI=1S/C10H21N3O/c1-9(14)12-5-7-13-6-3-2-4-10(13)8-11/h10H,2-8,11H2,1H3,(H,12,14). The summed E-state index contributed by atoms with van der Waals surface area (Å²) < 4.78 is 0. The Morgan fingerprint density at radius 1 is 1.57 bits per heavy atom. The minimum atomic E-state index is 0.0475. The van der Waals surface area contributed by atoms with E-state index in [4.69, 9.17) is 5.73 Å². The fourth-order valence-corrected chi connectivity index (χ4v) is 2.00. The van der Waals surface area contributed by atoms with Crippen LogP contribution in [0.5, 0.6) is 0 Å². The average Bonchev–Trinajstić information content (AvgIpc) is 2.18. The van der Waals surface area contributed by atoms with Crippen molar-refractivity contribution in [3.8, 4) is 0 Å². The molecule has 0 aliphatic carbocycles. The molecule has 1 rings (SSSR count). The van der Waals surface area contributed by atoms with Crippen molar-refractivity contribution in [1.29, 1.82) is 0 Å². The molecule has 1 fully saturated rings. The van der Waals surface area contributed by atoms with Crippen LogP contribution in [0.1, 0.15) is 26.2 Å². The molecule has 1 amide bonds. The van der Waals surface area contributed by atoms with Crippen LogP contribution < -0.4 is 11.1 Å². The molecular formula is C10H21N3O. The molecule has 0 saturated carbocycles. The number of amides is 1. The molecule has 4 nitrogen and oxygen atoms in total. The van der Waals surface area contributed by atoms with E-state index in [-0.39, 0.29) is 5.91 Å². The molecule has 0 aromatic rings. The number of likely N-dealkylation sites (tertiary alicyclic amines) is 1. The number of hydrogen-bond acceptors (Lipinski definition) is 3. The molecule has 1 aliphatic heterocycles. The van der Waals surface area contributed by atoms with Crippen molar-refractivity contribution in [2.75, 3.05) is 26.2 Å². The molecule has 1 heterocycles. The molecule has 1 aliphatic rings. The molecule has 0 aromatic carbocycles. The molecule has 0 radical (unpaired) electrons. The van der Waals surface area contributed by atoms with E-state index in [2.05, 4.69) is 10.2 Å². The highest BCUT2D eigenvalue weighted by Crippen LogP contribution is 2.14. The first-order valence-electron chi connectivity index (χ1n) is 5.42. The number of nitrogens with two attached hydrogens (primary N) is 1. The summed E-state index contributed by atoms with van der Waals surface area (Å²) in [5.41, 5.74) is 5.70. The van der Waals surface area contributed by atoms with Crippen molar-refractivity contribution >= 4 is 5.91 Å². The second-order valence-corrected chi connectivity index (χ2v) is 3.90. The first-order chi connectivity index (χ1) is 6.74. The van der Waals surface area contributed by atoms with Gasteiger partial charge in [-0.3, -0.25) is 9.69 Å². The van der Waals surface area contributed by atoms with E-state index in [1.165, 1.54) is 19.3 Å². The van der Waals surface area contributed by atoms with Gasteiger partial charge in [0.1, 0.15) is 0 Å². The van der Waals surface area contributed by atoms with E-state index in [0.717, 1.165) is 26.2 Å². The Hall–Kier alpha value is -0.610. The summed E-state index contributed by atoms with van der Waals surface area (Å²) in [7, 11) is 0. The second kappa shape index (κ2) is 5.98. The van der Waals surface area contributed by atoms with E-state index < -0.39 is 0 Å². The Morgan fingerprint density at radius 3 is 3.00 bits per heavy atom. The summed E-state index contributed by atoms with van der Waals surface area (Å²) in [6, 6.07) is 0.525. The largest absolute Gasteiger partial charge is 0.355 e. The second-order valence-electron chi connectivity index (χ2n) is 3.90. The van der Waals surface area contributed by atoms with Crippen molar-refractivity contribution in [2.45, 2.75) is 32.2 Å². The van der Waals surface area contributed by atoms with Crippen LogP contribution in [-0.2, 0) is 4.79 Å². The number of piperidine rings is 1. The van der Waals surface area contributed by atoms with Gasteiger partial charge in [-0.05, 0) is 19.4 Å². The van der Waals surface area contributed by atoms with Crippen molar-refractivity contribution in [1.82, 2.24) is 10.2 Å². The molecule has 0 bridgehead atoms. The first-order valence-corrected chi connectivity index (χ1v) is 5.42. The monoisotopic (exact) mass is 199 g/mol. The number of carbonyl (C=O) groups excluding carboxylic acids is 1. The van der Waals surface area contributed by atoms with Crippen molar-refractivity contribution in [3.63, 3.8) is 0 Å². The average molecular weight is 199 g/mol. The number of nitrogens with zero attached hydrogens (tertiary/aromatic N) is 1. The zero-order chi connectivity index (χ0) is 10.4. The molecule has 82 valence electrons. The van der Waals surface area contributed by atoms with Gasteiger partial charge in [-0.2, -0.15) is 0 Å². The van der Waals surface area contributed by atoms with E-state index in [1.807, 2.05) is 0 Å². The van der Waals surface area contributed by atoms with Crippen LogP contribution in [0.15, 0.2) is 0 Å². The molecule has 0 aromatic heterocycles. The SMILES string of the molecule is CC(=O)NCCN1CCCCC1CN. The third-order valence-corrected chi connectivity index (χ3v) is 2.79. The van der Waals surface area contributed by atoms with Crippen LogP contribution in [0.25, 0.3) is 0 Å². The summed E-state index contributed by atoms with van der Waals surface area (Å²) in [4.78, 5) is 13.1. The maximum atomic E-state index is 10.7. The van der Waals surface area contributed by atoms with Gasteiger partial charge in [0, 0.05) is 32.6 Å². The number of rotatable bonds is 4. The highest BCUT2D eigenvalue weighted by Gasteiger charge is 2.20. The minimum absolute atomic E-state index is 0.0475. The zero-order valence-corrected chi connectivity index (χ0v) is 8.96. The lowest BCUT2D eigenvalue weighted by Gasteiger charge is -2.34. The quantitative estimate of drug-likeness (QED) is 0.666. The van der Waals surface area contributed by atoms with Crippen molar-refractivity contribution < 1.29 is 4.79 Å². The van der Waals surface area contributed by atoms with Crippen LogP contribution in [0.4, 0.5) is 0 Å². The summed E-state index contributed by atoms with van der Waals surface area (Å²) in [5.74, 6) is 0.0475. The summed E-state index contributed by atoms with van der Waals surface area (Å²) in [6.45, 7) is 5.09. The molecule has 14 heavy (non-hydrogen) atoms.